The van der Waals surface area contributed by atoms with E-state index < -0.39 is 0 Å². The highest BCUT2D eigenvalue weighted by atomic mass is 35.5. The molecule has 2 aromatic rings. The second-order valence-corrected chi connectivity index (χ2v) is 5.14. The lowest BCUT2D eigenvalue weighted by molar-refractivity contribution is -0.137. The average molecular weight is 339 g/mol. The monoisotopic (exact) mass is 338 g/mol. The summed E-state index contributed by atoms with van der Waals surface area (Å²) in [6.07, 6.45) is 3.03. The van der Waals surface area contributed by atoms with Gasteiger partial charge in [-0.15, -0.1) is 0 Å². The Balaban J connectivity index is 2.24. The minimum absolute atomic E-state index is 0.182. The third-order valence-electron chi connectivity index (χ3n) is 2.91. The predicted octanol–water partition coefficient (Wildman–Crippen LogP) is 4.75. The van der Waals surface area contributed by atoms with Gasteiger partial charge in [0.25, 0.3) is 0 Å². The standard InChI is InChI=1S/C16H12Cl2O4/c1-21-16-9-11(22-20)4-5-12(16)15(19)7-3-10-2-6-13(17)14(18)8-10/h2-9,20H,1H3/b7-3+. The predicted molar refractivity (Wildman–Crippen MR) is 86.1 cm³/mol. The molecule has 0 aliphatic rings. The van der Waals surface area contributed by atoms with Crippen molar-refractivity contribution in [2.75, 3.05) is 7.11 Å². The molecule has 0 aromatic heterocycles. The van der Waals surface area contributed by atoms with Gasteiger partial charge >= 0.3 is 0 Å². The Hall–Kier alpha value is -2.01. The number of methoxy groups -OCH3 is 1. The normalized spacial score (nSPS) is 10.7. The summed E-state index contributed by atoms with van der Waals surface area (Å²) in [5, 5.41) is 9.48. The quantitative estimate of drug-likeness (QED) is 0.370. The van der Waals surface area contributed by atoms with E-state index in [-0.39, 0.29) is 11.5 Å². The summed E-state index contributed by atoms with van der Waals surface area (Å²) in [6.45, 7) is 0. The Morgan fingerprint density at radius 1 is 1.14 bits per heavy atom. The second kappa shape index (κ2) is 7.31. The van der Waals surface area contributed by atoms with Gasteiger partial charge in [0.2, 0.25) is 0 Å². The van der Waals surface area contributed by atoms with Gasteiger partial charge in [-0.25, -0.2) is 5.26 Å². The zero-order chi connectivity index (χ0) is 16.1. The van der Waals surface area contributed by atoms with E-state index in [0.29, 0.717) is 21.4 Å². The molecule has 0 aliphatic heterocycles. The lowest BCUT2D eigenvalue weighted by Gasteiger charge is -2.06. The minimum Gasteiger partial charge on any atom is -0.496 e. The molecule has 0 amide bonds. The van der Waals surface area contributed by atoms with Crippen molar-refractivity contribution in [3.8, 4) is 11.5 Å². The Labute approximate surface area is 137 Å². The average Bonchev–Trinajstić information content (AvgIpc) is 2.54. The van der Waals surface area contributed by atoms with Crippen LogP contribution in [0.25, 0.3) is 6.08 Å². The van der Waals surface area contributed by atoms with E-state index in [2.05, 4.69) is 4.89 Å². The molecule has 22 heavy (non-hydrogen) atoms. The summed E-state index contributed by atoms with van der Waals surface area (Å²) in [5.41, 5.74) is 1.09. The van der Waals surface area contributed by atoms with Crippen LogP contribution in [0.2, 0.25) is 10.0 Å². The van der Waals surface area contributed by atoms with Crippen molar-refractivity contribution in [2.24, 2.45) is 0 Å². The van der Waals surface area contributed by atoms with Crippen molar-refractivity contribution < 1.29 is 19.7 Å². The van der Waals surface area contributed by atoms with E-state index in [1.807, 2.05) is 0 Å². The van der Waals surface area contributed by atoms with Gasteiger partial charge in [-0.1, -0.05) is 35.3 Å². The van der Waals surface area contributed by atoms with Gasteiger partial charge in [-0.2, -0.15) is 0 Å². The number of carbonyl (C=O) groups is 1. The number of benzene rings is 2. The van der Waals surface area contributed by atoms with Crippen molar-refractivity contribution in [2.45, 2.75) is 0 Å². The molecule has 4 nitrogen and oxygen atoms in total. The van der Waals surface area contributed by atoms with Crippen LogP contribution in [0.15, 0.2) is 42.5 Å². The molecule has 0 atom stereocenters. The molecule has 0 aliphatic carbocycles. The number of allylic oxidation sites excluding steroid dienone is 1. The first-order chi connectivity index (χ1) is 10.5. The lowest BCUT2D eigenvalue weighted by atomic mass is 10.1. The number of hydrogen-bond donors (Lipinski definition) is 1. The largest absolute Gasteiger partial charge is 0.496 e. The van der Waals surface area contributed by atoms with E-state index >= 15 is 0 Å². The van der Waals surface area contributed by atoms with Gasteiger partial charge in [-0.3, -0.25) is 4.79 Å². The van der Waals surface area contributed by atoms with E-state index in [1.165, 1.54) is 31.4 Å². The molecule has 0 saturated carbocycles. The van der Waals surface area contributed by atoms with Crippen molar-refractivity contribution in [1.29, 1.82) is 0 Å². The van der Waals surface area contributed by atoms with Crippen LogP contribution in [-0.2, 0) is 0 Å². The van der Waals surface area contributed by atoms with Crippen LogP contribution in [0.4, 0.5) is 0 Å². The van der Waals surface area contributed by atoms with Crippen LogP contribution in [0.1, 0.15) is 15.9 Å². The molecule has 1 N–H and O–H groups in total. The number of ether oxygens (including phenoxy) is 1. The van der Waals surface area contributed by atoms with Crippen LogP contribution in [0.5, 0.6) is 11.5 Å². The lowest BCUT2D eigenvalue weighted by Crippen LogP contribution is -1.99. The van der Waals surface area contributed by atoms with E-state index in [1.54, 1.807) is 24.3 Å². The molecule has 114 valence electrons. The fourth-order valence-corrected chi connectivity index (χ4v) is 2.12. The van der Waals surface area contributed by atoms with Crippen LogP contribution >= 0.6 is 23.2 Å². The Morgan fingerprint density at radius 2 is 1.91 bits per heavy atom. The van der Waals surface area contributed by atoms with Crippen molar-refractivity contribution >= 4 is 35.1 Å². The van der Waals surface area contributed by atoms with Crippen molar-refractivity contribution in [3.05, 3.63) is 63.6 Å². The number of halogens is 2. The molecule has 0 bridgehead atoms. The van der Waals surface area contributed by atoms with Gasteiger partial charge in [0, 0.05) is 6.07 Å². The van der Waals surface area contributed by atoms with Crippen molar-refractivity contribution in [1.82, 2.24) is 0 Å². The fourth-order valence-electron chi connectivity index (χ4n) is 1.81. The van der Waals surface area contributed by atoms with Crippen molar-refractivity contribution in [3.63, 3.8) is 0 Å². The first kappa shape index (κ1) is 16.4. The fraction of sp³-hybridized carbons (Fsp3) is 0.0625. The number of rotatable bonds is 5. The molecule has 0 radical (unpaired) electrons. The van der Waals surface area contributed by atoms with Crippen LogP contribution in [0, 0.1) is 0 Å². The summed E-state index contributed by atoms with van der Waals surface area (Å²) in [7, 11) is 1.43. The molecule has 2 aromatic carbocycles. The molecular weight excluding hydrogens is 327 g/mol. The molecule has 0 fully saturated rings. The van der Waals surface area contributed by atoms with E-state index in [9.17, 15) is 4.79 Å². The maximum Gasteiger partial charge on any atom is 0.189 e. The molecular formula is C16H12Cl2O4. The first-order valence-corrected chi connectivity index (χ1v) is 6.97. The van der Waals surface area contributed by atoms with Gasteiger partial charge in [0.15, 0.2) is 11.5 Å². The zero-order valence-electron chi connectivity index (χ0n) is 11.5. The SMILES string of the molecule is COc1cc(OO)ccc1C(=O)/C=C/c1ccc(Cl)c(Cl)c1. The summed E-state index contributed by atoms with van der Waals surface area (Å²) in [4.78, 5) is 16.3. The molecule has 0 unspecified atom stereocenters. The topological polar surface area (TPSA) is 55.8 Å². The highest BCUT2D eigenvalue weighted by Gasteiger charge is 2.11. The van der Waals surface area contributed by atoms with E-state index in [4.69, 9.17) is 33.2 Å². The molecule has 0 saturated heterocycles. The minimum atomic E-state index is -0.257. The highest BCUT2D eigenvalue weighted by Crippen LogP contribution is 2.26. The summed E-state index contributed by atoms with van der Waals surface area (Å²) < 4.78 is 5.11. The Bertz CT molecular complexity index is 726. The molecule has 0 heterocycles. The van der Waals surface area contributed by atoms with Crippen LogP contribution in [-0.4, -0.2) is 18.2 Å². The molecule has 6 heteroatoms. The van der Waals surface area contributed by atoms with Gasteiger partial charge in [0.1, 0.15) is 5.75 Å². The van der Waals surface area contributed by atoms with E-state index in [0.717, 1.165) is 5.56 Å². The van der Waals surface area contributed by atoms with Crippen LogP contribution in [0.3, 0.4) is 0 Å². The maximum atomic E-state index is 12.2. The number of carbonyl (C=O) groups excluding carboxylic acids is 1. The first-order valence-electron chi connectivity index (χ1n) is 6.22. The summed E-state index contributed by atoms with van der Waals surface area (Å²) in [6, 6.07) is 9.45. The Morgan fingerprint density at radius 3 is 2.55 bits per heavy atom. The smallest absolute Gasteiger partial charge is 0.189 e. The zero-order valence-corrected chi connectivity index (χ0v) is 13.1. The van der Waals surface area contributed by atoms with Gasteiger partial charge < -0.3 is 9.62 Å². The van der Waals surface area contributed by atoms with Gasteiger partial charge in [0.05, 0.1) is 22.7 Å². The number of ketones is 1. The van der Waals surface area contributed by atoms with Gasteiger partial charge in [-0.05, 0) is 35.9 Å². The number of hydrogen-bond acceptors (Lipinski definition) is 4. The third-order valence-corrected chi connectivity index (χ3v) is 3.65. The highest BCUT2D eigenvalue weighted by molar-refractivity contribution is 6.42. The second-order valence-electron chi connectivity index (χ2n) is 4.32. The van der Waals surface area contributed by atoms with Crippen LogP contribution < -0.4 is 9.62 Å². The third kappa shape index (κ3) is 3.80. The summed E-state index contributed by atoms with van der Waals surface area (Å²) in [5.74, 6) is 0.226. The molecule has 0 spiro atoms. The maximum absolute atomic E-state index is 12.2. The Kier molecular flexibility index (Phi) is 5.44. The summed E-state index contributed by atoms with van der Waals surface area (Å²) >= 11 is 11.8. The molecule has 2 rings (SSSR count).